The molecule has 0 bridgehead atoms. The molecule has 0 atom stereocenters. The molecule has 0 saturated heterocycles. The van der Waals surface area contributed by atoms with E-state index < -0.39 is 0 Å². The first-order chi connectivity index (χ1) is 16.0. The molecule has 0 spiro atoms. The molecule has 2 N–H and O–H groups in total. The molecule has 7 heteroatoms. The first-order valence-corrected chi connectivity index (χ1v) is 11.8. The lowest BCUT2D eigenvalue weighted by Crippen LogP contribution is -2.20. The summed E-state index contributed by atoms with van der Waals surface area (Å²) in [5.74, 6) is 1.78. The Balaban J connectivity index is 1.66. The van der Waals surface area contributed by atoms with E-state index in [-0.39, 0.29) is 11.5 Å². The summed E-state index contributed by atoms with van der Waals surface area (Å²) in [4.78, 5) is 13.9. The van der Waals surface area contributed by atoms with E-state index in [0.717, 1.165) is 34.5 Å². The number of nitrogens with one attached hydrogen (secondary N) is 1. The van der Waals surface area contributed by atoms with Gasteiger partial charge in [0.15, 0.2) is 5.75 Å². The van der Waals surface area contributed by atoms with Gasteiger partial charge in [0.25, 0.3) is 0 Å². The van der Waals surface area contributed by atoms with Crippen LogP contribution >= 0.6 is 22.9 Å². The van der Waals surface area contributed by atoms with Crippen molar-refractivity contribution in [2.24, 2.45) is 0 Å². The Morgan fingerprint density at radius 1 is 1.06 bits per heavy atom. The van der Waals surface area contributed by atoms with Crippen molar-refractivity contribution < 1.29 is 19.4 Å². The average Bonchev–Trinajstić information content (AvgIpc) is 3.14. The Hall–Kier alpha value is -3.06. The highest BCUT2D eigenvalue weighted by atomic mass is 35.5. The lowest BCUT2D eigenvalue weighted by Gasteiger charge is -2.10. The minimum Gasteiger partial charge on any atom is -0.508 e. The molecule has 170 valence electrons. The summed E-state index contributed by atoms with van der Waals surface area (Å²) in [5, 5.41) is 14.5. The van der Waals surface area contributed by atoms with Crippen LogP contribution in [0.4, 0.5) is 0 Å². The number of rotatable bonds is 9. The number of likely N-dealkylation sites (N-methyl/N-ethyl adjacent to an activating group) is 1. The van der Waals surface area contributed by atoms with Crippen LogP contribution in [0, 0.1) is 6.92 Å². The number of carbonyl (C=O) groups is 1. The Labute approximate surface area is 201 Å². The molecule has 1 aromatic heterocycles. The third-order valence-corrected chi connectivity index (χ3v) is 6.48. The molecule has 4 rings (SSSR count). The number of hydrogen-bond acceptors (Lipinski definition) is 6. The van der Waals surface area contributed by atoms with Crippen molar-refractivity contribution in [3.8, 4) is 23.0 Å². The van der Waals surface area contributed by atoms with Gasteiger partial charge >= 0.3 is 0 Å². The summed E-state index contributed by atoms with van der Waals surface area (Å²) >= 11 is 7.37. The summed E-state index contributed by atoms with van der Waals surface area (Å²) < 4.78 is 12.7. The van der Waals surface area contributed by atoms with Crippen molar-refractivity contribution in [1.82, 2.24) is 5.32 Å². The number of ketones is 1. The highest BCUT2D eigenvalue weighted by molar-refractivity contribution is 7.21. The van der Waals surface area contributed by atoms with Crippen LogP contribution in [0.15, 0.2) is 60.7 Å². The zero-order valence-electron chi connectivity index (χ0n) is 18.4. The van der Waals surface area contributed by atoms with Gasteiger partial charge in [0.2, 0.25) is 5.78 Å². The number of carbonyl (C=O) groups excluding carboxylic acids is 1. The maximum atomic E-state index is 13.5. The zero-order chi connectivity index (χ0) is 23.4. The van der Waals surface area contributed by atoms with Gasteiger partial charge in [-0.15, -0.1) is 11.3 Å². The number of halogens is 1. The molecule has 3 aromatic carbocycles. The van der Waals surface area contributed by atoms with E-state index >= 15 is 0 Å². The predicted octanol–water partition coefficient (Wildman–Crippen LogP) is 6.58. The van der Waals surface area contributed by atoms with Crippen LogP contribution in [0.3, 0.4) is 0 Å². The molecule has 33 heavy (non-hydrogen) atoms. The molecular formula is C26H24ClNO4S. The van der Waals surface area contributed by atoms with Crippen LogP contribution in [-0.2, 0) is 0 Å². The second kappa shape index (κ2) is 10.3. The van der Waals surface area contributed by atoms with E-state index in [4.69, 9.17) is 21.1 Å². The Morgan fingerprint density at radius 3 is 2.55 bits per heavy atom. The van der Waals surface area contributed by atoms with Gasteiger partial charge in [-0.05, 0) is 79.7 Å². The summed E-state index contributed by atoms with van der Waals surface area (Å²) in [5.41, 5.74) is 1.35. The highest BCUT2D eigenvalue weighted by Gasteiger charge is 2.23. The number of thiophene rings is 1. The number of benzene rings is 3. The number of hydrogen-bond donors (Lipinski definition) is 2. The smallest absolute Gasteiger partial charge is 0.207 e. The standard InChI is InChI=1S/C26H24ClNO4S/c1-3-28-12-13-31-19-6-8-20(9-7-19)32-25-22-11-5-18(29)15-23(22)33-26(25)24(30)21-10-4-17(27)14-16(21)2/h4-11,14-15,28-29H,3,12-13H2,1-2H3. The zero-order valence-corrected chi connectivity index (χ0v) is 19.9. The molecular weight excluding hydrogens is 458 g/mol. The maximum Gasteiger partial charge on any atom is 0.207 e. The molecule has 0 aliphatic rings. The quantitative estimate of drug-likeness (QED) is 0.209. The fourth-order valence-corrected chi connectivity index (χ4v) is 4.80. The van der Waals surface area contributed by atoms with E-state index in [1.54, 1.807) is 36.4 Å². The van der Waals surface area contributed by atoms with Crippen molar-refractivity contribution in [2.45, 2.75) is 13.8 Å². The number of aromatic hydroxyl groups is 1. The van der Waals surface area contributed by atoms with Crippen molar-refractivity contribution in [1.29, 1.82) is 0 Å². The number of fused-ring (bicyclic) bond motifs is 1. The Morgan fingerprint density at radius 2 is 1.82 bits per heavy atom. The predicted molar refractivity (Wildman–Crippen MR) is 134 cm³/mol. The molecule has 1 heterocycles. The SMILES string of the molecule is CCNCCOc1ccc(Oc2c(C(=O)c3ccc(Cl)cc3C)sc3cc(O)ccc23)cc1. The summed E-state index contributed by atoms with van der Waals surface area (Å²) in [6, 6.07) is 17.5. The molecule has 0 saturated carbocycles. The minimum atomic E-state index is -0.150. The minimum absolute atomic E-state index is 0.135. The van der Waals surface area contributed by atoms with Crippen LogP contribution in [0.25, 0.3) is 10.1 Å². The van der Waals surface area contributed by atoms with E-state index in [1.807, 2.05) is 31.2 Å². The van der Waals surface area contributed by atoms with Gasteiger partial charge in [0.05, 0.1) is 0 Å². The van der Waals surface area contributed by atoms with Crippen LogP contribution in [-0.4, -0.2) is 30.6 Å². The topological polar surface area (TPSA) is 67.8 Å². The molecule has 0 aliphatic carbocycles. The van der Waals surface area contributed by atoms with Gasteiger partial charge in [-0.3, -0.25) is 4.79 Å². The van der Waals surface area contributed by atoms with Crippen molar-refractivity contribution in [2.75, 3.05) is 19.7 Å². The van der Waals surface area contributed by atoms with Crippen LogP contribution in [0.1, 0.15) is 27.7 Å². The molecule has 0 amide bonds. The first-order valence-electron chi connectivity index (χ1n) is 10.6. The number of phenols is 1. The van der Waals surface area contributed by atoms with E-state index in [1.165, 1.54) is 11.3 Å². The van der Waals surface area contributed by atoms with Crippen molar-refractivity contribution in [3.63, 3.8) is 0 Å². The summed E-state index contributed by atoms with van der Waals surface area (Å²) in [6.45, 7) is 6.16. The largest absolute Gasteiger partial charge is 0.508 e. The monoisotopic (exact) mass is 481 g/mol. The third-order valence-electron chi connectivity index (χ3n) is 5.11. The van der Waals surface area contributed by atoms with Gasteiger partial charge in [-0.2, -0.15) is 0 Å². The second-order valence-electron chi connectivity index (χ2n) is 7.50. The lowest BCUT2D eigenvalue weighted by molar-refractivity contribution is 0.104. The highest BCUT2D eigenvalue weighted by Crippen LogP contribution is 2.43. The van der Waals surface area contributed by atoms with E-state index in [9.17, 15) is 9.90 Å². The number of aryl methyl sites for hydroxylation is 1. The number of phenolic OH excluding ortho intramolecular Hbond substituents is 1. The Bertz CT molecular complexity index is 1280. The summed E-state index contributed by atoms with van der Waals surface area (Å²) in [7, 11) is 0. The van der Waals surface area contributed by atoms with Gasteiger partial charge in [-0.1, -0.05) is 18.5 Å². The maximum absolute atomic E-state index is 13.5. The van der Waals surface area contributed by atoms with Gasteiger partial charge in [0, 0.05) is 27.2 Å². The molecule has 0 unspecified atom stereocenters. The van der Waals surface area contributed by atoms with E-state index in [2.05, 4.69) is 12.2 Å². The molecule has 4 aromatic rings. The van der Waals surface area contributed by atoms with Crippen molar-refractivity contribution in [3.05, 3.63) is 81.7 Å². The van der Waals surface area contributed by atoms with Gasteiger partial charge in [0.1, 0.15) is 28.7 Å². The third kappa shape index (κ3) is 5.30. The first kappa shape index (κ1) is 23.1. The molecule has 0 fully saturated rings. The summed E-state index contributed by atoms with van der Waals surface area (Å²) in [6.07, 6.45) is 0. The van der Waals surface area contributed by atoms with Gasteiger partial charge in [-0.25, -0.2) is 0 Å². The molecule has 0 radical (unpaired) electrons. The Kier molecular flexibility index (Phi) is 7.18. The van der Waals surface area contributed by atoms with Gasteiger partial charge < -0.3 is 19.9 Å². The average molecular weight is 482 g/mol. The molecule has 5 nitrogen and oxygen atoms in total. The van der Waals surface area contributed by atoms with E-state index in [0.29, 0.717) is 33.6 Å². The normalized spacial score (nSPS) is 11.0. The van der Waals surface area contributed by atoms with Crippen LogP contribution in [0.5, 0.6) is 23.0 Å². The second-order valence-corrected chi connectivity index (χ2v) is 8.99. The number of ether oxygens (including phenoxy) is 2. The lowest BCUT2D eigenvalue weighted by atomic mass is 10.0. The fraction of sp³-hybridized carbons (Fsp3) is 0.192. The molecule has 0 aliphatic heterocycles. The fourth-order valence-electron chi connectivity index (χ4n) is 3.46. The van der Waals surface area contributed by atoms with Crippen LogP contribution in [0.2, 0.25) is 5.02 Å². The van der Waals surface area contributed by atoms with Crippen molar-refractivity contribution >= 4 is 38.8 Å². The van der Waals surface area contributed by atoms with Crippen LogP contribution < -0.4 is 14.8 Å².